The first-order chi connectivity index (χ1) is 15.2. The van der Waals surface area contributed by atoms with Crippen LogP contribution in [0.2, 0.25) is 0 Å². The average molecular weight is 430 g/mol. The van der Waals surface area contributed by atoms with E-state index in [0.717, 1.165) is 36.7 Å². The number of pyridine rings is 1. The molecule has 6 heteroatoms. The van der Waals surface area contributed by atoms with Gasteiger partial charge in [0, 0.05) is 42.5 Å². The molecular formula is C25H27N5S. The van der Waals surface area contributed by atoms with Gasteiger partial charge in [-0.05, 0) is 85.7 Å². The molecule has 0 amide bonds. The van der Waals surface area contributed by atoms with Crippen molar-refractivity contribution in [1.82, 2.24) is 20.3 Å². The third-order valence-electron chi connectivity index (χ3n) is 6.80. The number of aromatic amines is 1. The molecule has 2 aliphatic rings. The topological polar surface area (TPSA) is 56.8 Å². The second-order valence-electron chi connectivity index (χ2n) is 8.83. The minimum absolute atomic E-state index is 0.469. The van der Waals surface area contributed by atoms with E-state index in [2.05, 4.69) is 52.2 Å². The molecule has 0 spiro atoms. The summed E-state index contributed by atoms with van der Waals surface area (Å²) < 4.78 is 0. The highest BCUT2D eigenvalue weighted by atomic mass is 32.1. The van der Waals surface area contributed by atoms with Gasteiger partial charge in [-0.3, -0.25) is 0 Å². The van der Waals surface area contributed by atoms with E-state index in [9.17, 15) is 0 Å². The average Bonchev–Trinajstić information content (AvgIpc) is 3.54. The lowest BCUT2D eigenvalue weighted by Gasteiger charge is -2.32. The van der Waals surface area contributed by atoms with Crippen molar-refractivity contribution in [2.45, 2.75) is 45.7 Å². The molecule has 5 heterocycles. The van der Waals surface area contributed by atoms with Crippen LogP contribution >= 0.6 is 11.3 Å². The minimum atomic E-state index is 0.469. The maximum Gasteiger partial charge on any atom is 0.137 e. The number of thiazole rings is 1. The number of H-pyrrole nitrogens is 1. The van der Waals surface area contributed by atoms with E-state index in [0.29, 0.717) is 6.04 Å². The first-order valence-corrected chi connectivity index (χ1v) is 12.0. The fourth-order valence-electron chi connectivity index (χ4n) is 5.14. The van der Waals surface area contributed by atoms with E-state index < -0.39 is 0 Å². The van der Waals surface area contributed by atoms with Gasteiger partial charge in [-0.25, -0.2) is 9.97 Å². The Labute approximate surface area is 186 Å². The van der Waals surface area contributed by atoms with Crippen LogP contribution in [-0.2, 0) is 13.0 Å². The molecule has 31 heavy (non-hydrogen) atoms. The smallest absolute Gasteiger partial charge is 0.137 e. The summed E-state index contributed by atoms with van der Waals surface area (Å²) >= 11 is 1.79. The molecule has 0 bridgehead atoms. The van der Waals surface area contributed by atoms with Gasteiger partial charge in [-0.1, -0.05) is 0 Å². The number of hydrogen-bond donors (Lipinski definition) is 2. The van der Waals surface area contributed by atoms with E-state index in [1.165, 1.54) is 51.0 Å². The summed E-state index contributed by atoms with van der Waals surface area (Å²) in [4.78, 5) is 14.9. The first kappa shape index (κ1) is 19.0. The van der Waals surface area contributed by atoms with Gasteiger partial charge >= 0.3 is 0 Å². The number of hydrogen-bond acceptors (Lipinski definition) is 5. The Morgan fingerprint density at radius 1 is 1.10 bits per heavy atom. The van der Waals surface area contributed by atoms with Gasteiger partial charge < -0.3 is 15.2 Å². The minimum Gasteiger partial charge on any atom is -0.357 e. The van der Waals surface area contributed by atoms with Crippen molar-refractivity contribution < 1.29 is 0 Å². The van der Waals surface area contributed by atoms with E-state index in [4.69, 9.17) is 4.98 Å². The standard InChI is InChI=1S/C25H27N5S/c1-15-11-28-25-21(15)10-18(12-29-25)17-8-19-14-30(24-13-27-16(2)31-24)7-5-20(19)22(9-17)23-4-3-6-26-23/h8-13,23,26H,3-7,14H2,1-2H3,(H,28,29). The Balaban J connectivity index is 1.46. The highest BCUT2D eigenvalue weighted by Crippen LogP contribution is 2.37. The largest absolute Gasteiger partial charge is 0.357 e. The van der Waals surface area contributed by atoms with Crippen LogP contribution in [0.1, 0.15) is 46.1 Å². The summed E-state index contributed by atoms with van der Waals surface area (Å²) in [5.74, 6) is 0. The van der Waals surface area contributed by atoms with Crippen molar-refractivity contribution >= 4 is 27.4 Å². The number of rotatable bonds is 3. The van der Waals surface area contributed by atoms with Gasteiger partial charge in [-0.15, -0.1) is 11.3 Å². The third-order valence-corrected chi connectivity index (χ3v) is 7.77. The zero-order chi connectivity index (χ0) is 20.9. The Morgan fingerprint density at radius 2 is 2.03 bits per heavy atom. The van der Waals surface area contributed by atoms with Gasteiger partial charge in [0.05, 0.1) is 11.2 Å². The Morgan fingerprint density at radius 3 is 2.84 bits per heavy atom. The Kier molecular flexibility index (Phi) is 4.58. The third kappa shape index (κ3) is 3.34. The molecule has 1 saturated heterocycles. The predicted molar refractivity (Wildman–Crippen MR) is 128 cm³/mol. The lowest BCUT2D eigenvalue weighted by Crippen LogP contribution is -2.31. The second kappa shape index (κ2) is 7.46. The quantitative estimate of drug-likeness (QED) is 0.465. The molecule has 0 radical (unpaired) electrons. The summed E-state index contributed by atoms with van der Waals surface area (Å²) in [5.41, 5.74) is 9.17. The summed E-state index contributed by atoms with van der Waals surface area (Å²) in [6.45, 7) is 7.35. The van der Waals surface area contributed by atoms with Crippen LogP contribution in [0.3, 0.4) is 0 Å². The number of aromatic nitrogens is 3. The Bertz CT molecular complexity index is 1260. The van der Waals surface area contributed by atoms with Gasteiger partial charge in [0.15, 0.2) is 0 Å². The van der Waals surface area contributed by atoms with Crippen molar-refractivity contribution in [2.24, 2.45) is 0 Å². The van der Waals surface area contributed by atoms with Crippen LogP contribution in [0.15, 0.2) is 36.8 Å². The molecule has 158 valence electrons. The molecule has 3 aromatic heterocycles. The SMILES string of the molecule is Cc1ncc(N2CCc3c(cc(-c4cnc5[nH]cc(C)c5c4)cc3C3CCCN3)C2)s1. The van der Waals surface area contributed by atoms with Crippen molar-refractivity contribution in [1.29, 1.82) is 0 Å². The molecule has 1 aromatic carbocycles. The molecule has 2 N–H and O–H groups in total. The lowest BCUT2D eigenvalue weighted by atomic mass is 9.87. The zero-order valence-corrected chi connectivity index (χ0v) is 18.9. The van der Waals surface area contributed by atoms with Gasteiger partial charge in [0.1, 0.15) is 10.6 Å². The van der Waals surface area contributed by atoms with Crippen LogP contribution in [0.25, 0.3) is 22.2 Å². The van der Waals surface area contributed by atoms with E-state index >= 15 is 0 Å². The number of anilines is 1. The van der Waals surface area contributed by atoms with E-state index in [1.807, 2.05) is 18.6 Å². The predicted octanol–water partition coefficient (Wildman–Crippen LogP) is 5.29. The van der Waals surface area contributed by atoms with Crippen molar-refractivity contribution in [3.05, 3.63) is 64.1 Å². The molecule has 1 atom stereocenters. The number of fused-ring (bicyclic) bond motifs is 2. The van der Waals surface area contributed by atoms with Gasteiger partial charge in [0.25, 0.3) is 0 Å². The summed E-state index contributed by atoms with van der Waals surface area (Å²) in [6, 6.07) is 7.59. The molecule has 0 saturated carbocycles. The molecule has 1 unspecified atom stereocenters. The van der Waals surface area contributed by atoms with Crippen LogP contribution < -0.4 is 10.2 Å². The molecule has 6 rings (SSSR count). The molecule has 0 aliphatic carbocycles. The van der Waals surface area contributed by atoms with Crippen LogP contribution in [0.4, 0.5) is 5.00 Å². The van der Waals surface area contributed by atoms with Gasteiger partial charge in [0.2, 0.25) is 0 Å². The number of nitrogens with zero attached hydrogens (tertiary/aromatic N) is 3. The van der Waals surface area contributed by atoms with Crippen molar-refractivity contribution in [3.63, 3.8) is 0 Å². The maximum atomic E-state index is 4.69. The highest BCUT2D eigenvalue weighted by Gasteiger charge is 2.26. The summed E-state index contributed by atoms with van der Waals surface area (Å²) in [6.07, 6.45) is 9.65. The molecule has 4 aromatic rings. The molecule has 1 fully saturated rings. The number of aryl methyl sites for hydroxylation is 2. The number of nitrogens with one attached hydrogen (secondary N) is 2. The lowest BCUT2D eigenvalue weighted by molar-refractivity contribution is 0.627. The van der Waals surface area contributed by atoms with E-state index in [1.54, 1.807) is 16.9 Å². The summed E-state index contributed by atoms with van der Waals surface area (Å²) in [5, 5.41) is 7.36. The van der Waals surface area contributed by atoms with Crippen LogP contribution in [-0.4, -0.2) is 28.0 Å². The molecule has 5 nitrogen and oxygen atoms in total. The fraction of sp³-hybridized carbons (Fsp3) is 0.360. The second-order valence-corrected chi connectivity index (χ2v) is 10.0. The maximum absolute atomic E-state index is 4.69. The summed E-state index contributed by atoms with van der Waals surface area (Å²) in [7, 11) is 0. The fourth-order valence-corrected chi connectivity index (χ4v) is 5.94. The molecular weight excluding hydrogens is 402 g/mol. The molecule has 2 aliphatic heterocycles. The highest BCUT2D eigenvalue weighted by molar-refractivity contribution is 7.15. The van der Waals surface area contributed by atoms with Crippen molar-refractivity contribution in [2.75, 3.05) is 18.0 Å². The van der Waals surface area contributed by atoms with Gasteiger partial charge in [-0.2, -0.15) is 0 Å². The normalized spacial score (nSPS) is 18.6. The monoisotopic (exact) mass is 429 g/mol. The van der Waals surface area contributed by atoms with Crippen LogP contribution in [0.5, 0.6) is 0 Å². The van der Waals surface area contributed by atoms with Crippen LogP contribution in [0, 0.1) is 13.8 Å². The zero-order valence-electron chi connectivity index (χ0n) is 18.0. The van der Waals surface area contributed by atoms with Crippen molar-refractivity contribution in [3.8, 4) is 11.1 Å². The van der Waals surface area contributed by atoms with E-state index in [-0.39, 0.29) is 0 Å². The first-order valence-electron chi connectivity index (χ1n) is 11.2. The Hall–Kier alpha value is -2.70. The number of benzene rings is 1.